The molecule has 2 aliphatic carbocycles. The third-order valence-corrected chi connectivity index (χ3v) is 7.55. The van der Waals surface area contributed by atoms with E-state index in [-0.39, 0.29) is 16.7 Å². The summed E-state index contributed by atoms with van der Waals surface area (Å²) < 4.78 is 2.13. The van der Waals surface area contributed by atoms with Crippen molar-refractivity contribution in [2.45, 2.75) is 54.4 Å². The van der Waals surface area contributed by atoms with Crippen molar-refractivity contribution >= 4 is 5.91 Å². The number of carbonyl (C=O) groups is 1. The van der Waals surface area contributed by atoms with Crippen LogP contribution in [-0.4, -0.2) is 10.5 Å². The first-order chi connectivity index (χ1) is 13.1. The lowest BCUT2D eigenvalue weighted by atomic mass is 9.69. The summed E-state index contributed by atoms with van der Waals surface area (Å²) in [7, 11) is 0. The van der Waals surface area contributed by atoms with Crippen molar-refractivity contribution in [3.63, 3.8) is 0 Å². The van der Waals surface area contributed by atoms with E-state index in [9.17, 15) is 4.79 Å². The number of hydrazine groups is 1. The molecule has 1 fully saturated rings. The third-order valence-electron chi connectivity index (χ3n) is 7.55. The van der Waals surface area contributed by atoms with Gasteiger partial charge in [0.25, 0.3) is 5.91 Å². The molecule has 1 heterocycles. The Hall–Kier alpha value is -2.49. The standard InChI is InChI=1S/C24H31N3O/c1-15-7-9-19(10-8-15)27-16(2)13-20(17(27)3)22(28)26-25-21-14-18-11-12-24(21,6)23(18,4)5/h7-10,13-14,18,25H,11-12H2,1-6H3,(H,26,28)/t18-,24-/m1/s1. The zero-order valence-electron chi connectivity index (χ0n) is 17.8. The van der Waals surface area contributed by atoms with Crippen LogP contribution < -0.4 is 10.9 Å². The first-order valence-electron chi connectivity index (χ1n) is 10.2. The van der Waals surface area contributed by atoms with Crippen molar-refractivity contribution in [3.8, 4) is 5.69 Å². The minimum atomic E-state index is -0.0865. The van der Waals surface area contributed by atoms with E-state index in [2.05, 4.69) is 73.5 Å². The van der Waals surface area contributed by atoms with E-state index in [4.69, 9.17) is 0 Å². The van der Waals surface area contributed by atoms with Gasteiger partial charge in [-0.1, -0.05) is 44.5 Å². The number of nitrogens with one attached hydrogen (secondary N) is 2. The number of hydrogen-bond acceptors (Lipinski definition) is 2. The van der Waals surface area contributed by atoms with E-state index in [1.54, 1.807) is 0 Å². The Balaban J connectivity index is 1.53. The Bertz CT molecular complexity index is 964. The van der Waals surface area contributed by atoms with Gasteiger partial charge in [0.2, 0.25) is 0 Å². The Labute approximate surface area is 168 Å². The topological polar surface area (TPSA) is 46.1 Å². The summed E-state index contributed by atoms with van der Waals surface area (Å²) in [6.45, 7) is 13.1. The van der Waals surface area contributed by atoms with Gasteiger partial charge in [-0.2, -0.15) is 0 Å². The Kier molecular flexibility index (Phi) is 4.22. The van der Waals surface area contributed by atoms with Gasteiger partial charge in [-0.15, -0.1) is 0 Å². The molecule has 1 amide bonds. The fourth-order valence-corrected chi connectivity index (χ4v) is 5.15. The molecule has 148 valence electrons. The Morgan fingerprint density at radius 1 is 1.11 bits per heavy atom. The van der Waals surface area contributed by atoms with Gasteiger partial charge in [0.1, 0.15) is 0 Å². The monoisotopic (exact) mass is 377 g/mol. The molecule has 2 aromatic rings. The van der Waals surface area contributed by atoms with Gasteiger partial charge in [-0.05, 0) is 63.1 Å². The largest absolute Gasteiger partial charge is 0.318 e. The number of rotatable bonds is 4. The first kappa shape index (κ1) is 18.9. The van der Waals surface area contributed by atoms with Crippen molar-refractivity contribution in [1.29, 1.82) is 0 Å². The number of aromatic nitrogens is 1. The minimum Gasteiger partial charge on any atom is -0.318 e. The lowest BCUT2D eigenvalue weighted by molar-refractivity contribution is 0.0925. The minimum absolute atomic E-state index is 0.0865. The normalized spacial score (nSPS) is 24.9. The molecule has 0 saturated heterocycles. The molecule has 2 N–H and O–H groups in total. The maximum atomic E-state index is 12.9. The Morgan fingerprint density at radius 2 is 1.79 bits per heavy atom. The summed E-state index contributed by atoms with van der Waals surface area (Å²) in [5, 5.41) is 0. The van der Waals surface area contributed by atoms with Crippen LogP contribution in [0.3, 0.4) is 0 Å². The van der Waals surface area contributed by atoms with Crippen LogP contribution in [0.2, 0.25) is 0 Å². The van der Waals surface area contributed by atoms with Crippen LogP contribution in [0.15, 0.2) is 42.1 Å². The van der Waals surface area contributed by atoms with Gasteiger partial charge < -0.3 is 9.99 Å². The molecule has 0 unspecified atom stereocenters. The van der Waals surface area contributed by atoms with Crippen molar-refractivity contribution in [3.05, 3.63) is 64.6 Å². The van der Waals surface area contributed by atoms with Crippen LogP contribution >= 0.6 is 0 Å². The SMILES string of the molecule is Cc1ccc(-n2c(C)cc(C(=O)NNC3=C[C@H]4CC[C@@]3(C)C4(C)C)c2C)cc1. The maximum absolute atomic E-state index is 12.9. The van der Waals surface area contributed by atoms with Crippen molar-refractivity contribution in [2.75, 3.05) is 0 Å². The highest BCUT2D eigenvalue weighted by Gasteiger charge is 2.57. The molecule has 2 aliphatic rings. The molecule has 1 aromatic carbocycles. The van der Waals surface area contributed by atoms with E-state index in [1.807, 2.05) is 19.9 Å². The summed E-state index contributed by atoms with van der Waals surface area (Å²) >= 11 is 0. The fourth-order valence-electron chi connectivity index (χ4n) is 5.15. The lowest BCUT2D eigenvalue weighted by Crippen LogP contribution is -2.43. The molecular formula is C24H31N3O. The van der Waals surface area contributed by atoms with Crippen LogP contribution in [-0.2, 0) is 0 Å². The van der Waals surface area contributed by atoms with Crippen LogP contribution in [0.25, 0.3) is 5.69 Å². The molecular weight excluding hydrogens is 346 g/mol. The number of allylic oxidation sites excluding steroid dienone is 2. The molecule has 1 saturated carbocycles. The maximum Gasteiger partial charge on any atom is 0.271 e. The van der Waals surface area contributed by atoms with Crippen LogP contribution in [0.5, 0.6) is 0 Å². The summed E-state index contributed by atoms with van der Waals surface area (Å²) in [5.41, 5.74) is 12.7. The van der Waals surface area contributed by atoms with Crippen LogP contribution in [0.1, 0.15) is 60.9 Å². The zero-order valence-corrected chi connectivity index (χ0v) is 17.8. The van der Waals surface area contributed by atoms with Gasteiger partial charge in [0.05, 0.1) is 5.56 Å². The van der Waals surface area contributed by atoms with Gasteiger partial charge >= 0.3 is 0 Å². The first-order valence-corrected chi connectivity index (χ1v) is 10.2. The number of nitrogens with zero attached hydrogens (tertiary/aromatic N) is 1. The fraction of sp³-hybridized carbons (Fsp3) is 0.458. The number of amides is 1. The number of benzene rings is 1. The molecule has 4 heteroatoms. The zero-order chi connectivity index (χ0) is 20.3. The van der Waals surface area contributed by atoms with Gasteiger partial charge in [-0.3, -0.25) is 10.2 Å². The van der Waals surface area contributed by atoms with Crippen molar-refractivity contribution in [1.82, 2.24) is 15.4 Å². The summed E-state index contributed by atoms with van der Waals surface area (Å²) in [6, 6.07) is 10.3. The highest BCUT2D eigenvalue weighted by molar-refractivity contribution is 5.95. The van der Waals surface area contributed by atoms with Crippen LogP contribution in [0, 0.1) is 37.5 Å². The molecule has 0 spiro atoms. The Morgan fingerprint density at radius 3 is 2.36 bits per heavy atom. The summed E-state index contributed by atoms with van der Waals surface area (Å²) in [5.74, 6) is 0.500. The van der Waals surface area contributed by atoms with Crippen molar-refractivity contribution < 1.29 is 4.79 Å². The van der Waals surface area contributed by atoms with E-state index in [0.29, 0.717) is 11.5 Å². The molecule has 4 nitrogen and oxygen atoms in total. The van der Waals surface area contributed by atoms with E-state index < -0.39 is 0 Å². The highest BCUT2D eigenvalue weighted by Crippen LogP contribution is 2.64. The number of aryl methyl sites for hydroxylation is 2. The number of fused-ring (bicyclic) bond motifs is 2. The molecule has 0 aliphatic heterocycles. The average molecular weight is 378 g/mol. The number of carbonyl (C=O) groups excluding carboxylic acids is 1. The molecule has 2 atom stereocenters. The average Bonchev–Trinajstić information content (AvgIpc) is 3.14. The summed E-state index contributed by atoms with van der Waals surface area (Å²) in [4.78, 5) is 12.9. The molecule has 2 bridgehead atoms. The molecule has 1 aromatic heterocycles. The van der Waals surface area contributed by atoms with E-state index in [1.165, 1.54) is 18.4 Å². The second-order valence-electron chi connectivity index (χ2n) is 9.31. The highest BCUT2D eigenvalue weighted by atomic mass is 16.2. The lowest BCUT2D eigenvalue weighted by Gasteiger charge is -2.37. The predicted molar refractivity (Wildman–Crippen MR) is 113 cm³/mol. The van der Waals surface area contributed by atoms with Crippen LogP contribution in [0.4, 0.5) is 0 Å². The van der Waals surface area contributed by atoms with Gasteiger partial charge in [0, 0.05) is 28.2 Å². The van der Waals surface area contributed by atoms with E-state index >= 15 is 0 Å². The van der Waals surface area contributed by atoms with Crippen molar-refractivity contribution in [2.24, 2.45) is 16.7 Å². The smallest absolute Gasteiger partial charge is 0.271 e. The number of hydrogen-bond donors (Lipinski definition) is 2. The van der Waals surface area contributed by atoms with Gasteiger partial charge in [0.15, 0.2) is 0 Å². The molecule has 4 rings (SSSR count). The summed E-state index contributed by atoms with van der Waals surface area (Å²) in [6.07, 6.45) is 4.72. The van der Waals surface area contributed by atoms with Gasteiger partial charge in [-0.25, -0.2) is 0 Å². The molecule has 28 heavy (non-hydrogen) atoms. The second kappa shape index (κ2) is 6.26. The molecule has 0 radical (unpaired) electrons. The predicted octanol–water partition coefficient (Wildman–Crippen LogP) is 4.98. The van der Waals surface area contributed by atoms with E-state index in [0.717, 1.165) is 22.8 Å². The second-order valence-corrected chi connectivity index (χ2v) is 9.31. The third kappa shape index (κ3) is 2.61. The quantitative estimate of drug-likeness (QED) is 0.739.